The van der Waals surface area contributed by atoms with Crippen molar-refractivity contribution in [2.45, 2.75) is 13.8 Å². The monoisotopic (exact) mass is 287 g/mol. The molecular formula is C14H13N3O2S. The minimum Gasteiger partial charge on any atom is -0.461 e. The first-order chi connectivity index (χ1) is 9.70. The molecule has 0 spiro atoms. The first-order valence-corrected chi connectivity index (χ1v) is 7.14. The number of carbonyl (C=O) groups is 1. The lowest BCUT2D eigenvalue weighted by Crippen LogP contribution is -2.04. The SMILES string of the molecule is CCOC(=O)c1cn2c(-c3sccc3C)ccnc2n1. The third-order valence-electron chi connectivity index (χ3n) is 2.95. The molecule has 0 saturated heterocycles. The number of aromatic nitrogens is 3. The molecule has 20 heavy (non-hydrogen) atoms. The molecule has 0 radical (unpaired) electrons. The van der Waals surface area contributed by atoms with Crippen LogP contribution in [0.2, 0.25) is 0 Å². The van der Waals surface area contributed by atoms with Crippen LogP contribution in [0.3, 0.4) is 0 Å². The Morgan fingerprint density at radius 2 is 2.30 bits per heavy atom. The Kier molecular flexibility index (Phi) is 3.23. The van der Waals surface area contributed by atoms with Crippen LogP contribution in [0, 0.1) is 6.92 Å². The number of fused-ring (bicyclic) bond motifs is 1. The third-order valence-corrected chi connectivity index (χ3v) is 3.99. The second-order valence-electron chi connectivity index (χ2n) is 4.28. The molecule has 3 rings (SSSR count). The van der Waals surface area contributed by atoms with E-state index in [4.69, 9.17) is 4.74 Å². The van der Waals surface area contributed by atoms with E-state index in [9.17, 15) is 4.79 Å². The highest BCUT2D eigenvalue weighted by Crippen LogP contribution is 2.29. The van der Waals surface area contributed by atoms with E-state index in [0.717, 1.165) is 10.6 Å². The molecule has 102 valence electrons. The summed E-state index contributed by atoms with van der Waals surface area (Å²) in [4.78, 5) is 21.3. The van der Waals surface area contributed by atoms with Gasteiger partial charge in [-0.1, -0.05) is 0 Å². The molecule has 0 atom stereocenters. The zero-order chi connectivity index (χ0) is 14.1. The lowest BCUT2D eigenvalue weighted by Gasteiger charge is -2.03. The molecule has 0 aliphatic carbocycles. The molecule has 0 aromatic carbocycles. The summed E-state index contributed by atoms with van der Waals surface area (Å²) in [5, 5.41) is 2.04. The zero-order valence-electron chi connectivity index (χ0n) is 11.2. The minimum absolute atomic E-state index is 0.279. The Morgan fingerprint density at radius 3 is 3.00 bits per heavy atom. The molecule has 0 aliphatic heterocycles. The second kappa shape index (κ2) is 5.05. The molecular weight excluding hydrogens is 274 g/mol. The molecule has 0 saturated carbocycles. The van der Waals surface area contributed by atoms with Crippen molar-refractivity contribution in [1.29, 1.82) is 0 Å². The van der Waals surface area contributed by atoms with Crippen LogP contribution >= 0.6 is 11.3 Å². The van der Waals surface area contributed by atoms with Crippen LogP contribution in [-0.2, 0) is 4.74 Å². The average molecular weight is 287 g/mol. The molecule has 0 N–H and O–H groups in total. The van der Waals surface area contributed by atoms with Gasteiger partial charge in [0.2, 0.25) is 5.78 Å². The molecule has 3 aromatic heterocycles. The molecule has 0 bridgehead atoms. The number of esters is 1. The second-order valence-corrected chi connectivity index (χ2v) is 5.20. The highest BCUT2D eigenvalue weighted by Gasteiger charge is 2.15. The third kappa shape index (κ3) is 2.08. The molecule has 0 aliphatic rings. The highest BCUT2D eigenvalue weighted by molar-refractivity contribution is 7.13. The van der Waals surface area contributed by atoms with Gasteiger partial charge in [-0.05, 0) is 36.9 Å². The van der Waals surface area contributed by atoms with Crippen molar-refractivity contribution in [3.63, 3.8) is 0 Å². The van der Waals surface area contributed by atoms with E-state index in [1.54, 1.807) is 30.7 Å². The summed E-state index contributed by atoms with van der Waals surface area (Å²) in [5.41, 5.74) is 2.44. The summed E-state index contributed by atoms with van der Waals surface area (Å²) in [6.45, 7) is 4.16. The van der Waals surface area contributed by atoms with Gasteiger partial charge in [-0.2, -0.15) is 0 Å². The summed E-state index contributed by atoms with van der Waals surface area (Å²) < 4.78 is 6.80. The first-order valence-electron chi connectivity index (χ1n) is 6.26. The lowest BCUT2D eigenvalue weighted by atomic mass is 10.2. The lowest BCUT2D eigenvalue weighted by molar-refractivity contribution is 0.0520. The molecule has 6 heteroatoms. The molecule has 3 heterocycles. The number of imidazole rings is 1. The van der Waals surface area contributed by atoms with Gasteiger partial charge in [-0.15, -0.1) is 11.3 Å². The Bertz CT molecular complexity index is 776. The van der Waals surface area contributed by atoms with E-state index < -0.39 is 5.97 Å². The fourth-order valence-corrected chi connectivity index (χ4v) is 2.97. The van der Waals surface area contributed by atoms with Gasteiger partial charge in [-0.3, -0.25) is 4.40 Å². The van der Waals surface area contributed by atoms with Crippen molar-refractivity contribution in [3.05, 3.63) is 41.2 Å². The Labute approximate surface area is 119 Å². The number of nitrogens with zero attached hydrogens (tertiary/aromatic N) is 3. The Hall–Kier alpha value is -2.21. The van der Waals surface area contributed by atoms with Gasteiger partial charge in [0.15, 0.2) is 5.69 Å². The highest BCUT2D eigenvalue weighted by atomic mass is 32.1. The predicted octanol–water partition coefficient (Wildman–Crippen LogP) is 2.94. The molecule has 3 aromatic rings. The van der Waals surface area contributed by atoms with Gasteiger partial charge in [-0.25, -0.2) is 14.8 Å². The Morgan fingerprint density at radius 1 is 1.45 bits per heavy atom. The van der Waals surface area contributed by atoms with Crippen LogP contribution in [0.5, 0.6) is 0 Å². The largest absolute Gasteiger partial charge is 0.461 e. The van der Waals surface area contributed by atoms with Gasteiger partial charge in [0.1, 0.15) is 0 Å². The van der Waals surface area contributed by atoms with E-state index in [1.165, 1.54) is 5.56 Å². The number of rotatable bonds is 3. The van der Waals surface area contributed by atoms with Crippen LogP contribution in [0.1, 0.15) is 23.0 Å². The molecule has 0 amide bonds. The van der Waals surface area contributed by atoms with Crippen molar-refractivity contribution >= 4 is 23.1 Å². The van der Waals surface area contributed by atoms with E-state index >= 15 is 0 Å². The maximum absolute atomic E-state index is 11.8. The van der Waals surface area contributed by atoms with Crippen LogP contribution in [0.15, 0.2) is 29.9 Å². The van der Waals surface area contributed by atoms with Crippen molar-refractivity contribution in [3.8, 4) is 10.6 Å². The first kappa shape index (κ1) is 12.8. The standard InChI is InChI=1S/C14H13N3O2S/c1-3-19-13(18)10-8-17-11(4-6-15-14(17)16-10)12-9(2)5-7-20-12/h4-8H,3H2,1-2H3. The zero-order valence-corrected chi connectivity index (χ0v) is 12.0. The number of ether oxygens (including phenoxy) is 1. The van der Waals surface area contributed by atoms with Crippen molar-refractivity contribution < 1.29 is 9.53 Å². The molecule has 5 nitrogen and oxygen atoms in total. The Balaban J connectivity index is 2.15. The summed E-state index contributed by atoms with van der Waals surface area (Å²) in [5.74, 6) is 0.0743. The normalized spacial score (nSPS) is 10.9. The summed E-state index contributed by atoms with van der Waals surface area (Å²) >= 11 is 1.65. The van der Waals surface area contributed by atoms with E-state index in [-0.39, 0.29) is 5.69 Å². The van der Waals surface area contributed by atoms with Gasteiger partial charge < -0.3 is 4.74 Å². The smallest absolute Gasteiger partial charge is 0.358 e. The van der Waals surface area contributed by atoms with Crippen molar-refractivity contribution in [1.82, 2.24) is 14.4 Å². The number of hydrogen-bond donors (Lipinski definition) is 0. The average Bonchev–Trinajstić information content (AvgIpc) is 3.04. The van der Waals surface area contributed by atoms with Gasteiger partial charge in [0.25, 0.3) is 0 Å². The number of thiophene rings is 1. The maximum atomic E-state index is 11.8. The number of aryl methyl sites for hydroxylation is 1. The maximum Gasteiger partial charge on any atom is 0.358 e. The fourth-order valence-electron chi connectivity index (χ4n) is 2.02. The van der Waals surface area contributed by atoms with Crippen LogP contribution in [0.4, 0.5) is 0 Å². The van der Waals surface area contributed by atoms with Crippen LogP contribution < -0.4 is 0 Å². The number of hydrogen-bond acceptors (Lipinski definition) is 5. The van der Waals surface area contributed by atoms with E-state index in [0.29, 0.717) is 12.4 Å². The number of carbonyl (C=O) groups excluding carboxylic acids is 1. The van der Waals surface area contributed by atoms with Gasteiger partial charge >= 0.3 is 5.97 Å². The van der Waals surface area contributed by atoms with E-state index in [2.05, 4.69) is 23.0 Å². The molecule has 0 fully saturated rings. The van der Waals surface area contributed by atoms with Gasteiger partial charge in [0, 0.05) is 12.4 Å². The van der Waals surface area contributed by atoms with Crippen molar-refractivity contribution in [2.75, 3.05) is 6.61 Å². The summed E-state index contributed by atoms with van der Waals surface area (Å²) in [6, 6.07) is 3.98. The quantitative estimate of drug-likeness (QED) is 0.695. The van der Waals surface area contributed by atoms with Crippen molar-refractivity contribution in [2.24, 2.45) is 0 Å². The topological polar surface area (TPSA) is 56.5 Å². The van der Waals surface area contributed by atoms with Crippen LogP contribution in [-0.4, -0.2) is 26.9 Å². The predicted molar refractivity (Wildman–Crippen MR) is 77.0 cm³/mol. The summed E-state index contributed by atoms with van der Waals surface area (Å²) in [7, 11) is 0. The van der Waals surface area contributed by atoms with Crippen LogP contribution in [0.25, 0.3) is 16.3 Å². The van der Waals surface area contributed by atoms with E-state index in [1.807, 2.05) is 15.8 Å². The fraction of sp³-hybridized carbons (Fsp3) is 0.214. The summed E-state index contributed by atoms with van der Waals surface area (Å²) in [6.07, 6.45) is 3.38. The minimum atomic E-state index is -0.424. The van der Waals surface area contributed by atoms with Gasteiger partial charge in [0.05, 0.1) is 17.2 Å². The molecule has 0 unspecified atom stereocenters.